The van der Waals surface area contributed by atoms with E-state index < -0.39 is 0 Å². The van der Waals surface area contributed by atoms with Crippen molar-refractivity contribution in [1.29, 1.82) is 0 Å². The van der Waals surface area contributed by atoms with Crippen molar-refractivity contribution in [3.63, 3.8) is 0 Å². The minimum atomic E-state index is 0.840. The monoisotopic (exact) mass is 314 g/mol. The molecule has 0 spiro atoms. The van der Waals surface area contributed by atoms with Gasteiger partial charge in [0.1, 0.15) is 5.75 Å². The maximum absolute atomic E-state index is 5.30. The van der Waals surface area contributed by atoms with Crippen LogP contribution in [0.25, 0.3) is 27.4 Å². The van der Waals surface area contributed by atoms with E-state index in [-0.39, 0.29) is 0 Å². The molecule has 0 saturated carbocycles. The number of nitrogens with one attached hydrogen (secondary N) is 1. The number of aryl methyl sites for hydroxylation is 1. The van der Waals surface area contributed by atoms with Crippen LogP contribution in [0.1, 0.15) is 16.8 Å². The van der Waals surface area contributed by atoms with E-state index in [0.29, 0.717) is 0 Å². The van der Waals surface area contributed by atoms with Gasteiger partial charge in [0, 0.05) is 39.8 Å². The molecule has 24 heavy (non-hydrogen) atoms. The standard InChI is InChI=1S/C21H18N2O/c1-13-10-18(16-6-4-5-7-20(16)23-13)14(2)19-12-22-21-11-15(24-3)8-9-17(19)21/h4-12,22H,2H2,1,3H3. The number of benzene rings is 2. The molecule has 0 atom stereocenters. The summed E-state index contributed by atoms with van der Waals surface area (Å²) in [5.41, 5.74) is 6.24. The van der Waals surface area contributed by atoms with Gasteiger partial charge in [0.2, 0.25) is 0 Å². The number of rotatable bonds is 3. The molecule has 0 aliphatic rings. The number of nitrogens with zero attached hydrogens (tertiary/aromatic N) is 1. The average molecular weight is 314 g/mol. The first kappa shape index (κ1) is 14.5. The second-order valence-electron chi connectivity index (χ2n) is 5.92. The number of pyridine rings is 1. The number of aromatic nitrogens is 2. The van der Waals surface area contributed by atoms with Crippen molar-refractivity contribution >= 4 is 27.4 Å². The highest BCUT2D eigenvalue weighted by atomic mass is 16.5. The summed E-state index contributed by atoms with van der Waals surface area (Å²) in [6.07, 6.45) is 2.01. The highest BCUT2D eigenvalue weighted by molar-refractivity contribution is 6.02. The quantitative estimate of drug-likeness (QED) is 0.571. The van der Waals surface area contributed by atoms with Crippen LogP contribution in [0.2, 0.25) is 0 Å². The molecule has 0 aliphatic carbocycles. The first-order valence-corrected chi connectivity index (χ1v) is 7.88. The number of hydrogen-bond donors (Lipinski definition) is 1. The summed E-state index contributed by atoms with van der Waals surface area (Å²) in [5.74, 6) is 0.840. The molecule has 0 saturated heterocycles. The second-order valence-corrected chi connectivity index (χ2v) is 5.92. The van der Waals surface area contributed by atoms with Gasteiger partial charge in [0.15, 0.2) is 0 Å². The van der Waals surface area contributed by atoms with Gasteiger partial charge in [-0.15, -0.1) is 0 Å². The molecule has 0 unspecified atom stereocenters. The molecule has 4 aromatic rings. The van der Waals surface area contributed by atoms with Crippen molar-refractivity contribution in [2.75, 3.05) is 7.11 Å². The average Bonchev–Trinajstić information content (AvgIpc) is 3.03. The molecule has 2 heterocycles. The first-order valence-electron chi connectivity index (χ1n) is 7.88. The summed E-state index contributed by atoms with van der Waals surface area (Å²) < 4.78 is 5.30. The van der Waals surface area contributed by atoms with Crippen LogP contribution in [0, 0.1) is 6.92 Å². The van der Waals surface area contributed by atoms with E-state index >= 15 is 0 Å². The molecule has 0 amide bonds. The number of aromatic amines is 1. The molecule has 3 heteroatoms. The third-order valence-electron chi connectivity index (χ3n) is 4.38. The molecule has 0 bridgehead atoms. The predicted octanol–water partition coefficient (Wildman–Crippen LogP) is 5.09. The zero-order valence-corrected chi connectivity index (χ0v) is 13.8. The smallest absolute Gasteiger partial charge is 0.120 e. The van der Waals surface area contributed by atoms with Crippen molar-refractivity contribution < 1.29 is 4.74 Å². The van der Waals surface area contributed by atoms with Gasteiger partial charge in [-0.2, -0.15) is 0 Å². The van der Waals surface area contributed by atoms with E-state index in [0.717, 1.165) is 49.9 Å². The predicted molar refractivity (Wildman–Crippen MR) is 99.5 cm³/mol. The van der Waals surface area contributed by atoms with E-state index in [9.17, 15) is 0 Å². The highest BCUT2D eigenvalue weighted by Gasteiger charge is 2.13. The molecule has 3 nitrogen and oxygen atoms in total. The Bertz CT molecular complexity index is 1080. The van der Waals surface area contributed by atoms with Crippen LogP contribution in [-0.2, 0) is 0 Å². The maximum atomic E-state index is 5.30. The lowest BCUT2D eigenvalue weighted by atomic mass is 9.95. The van der Waals surface area contributed by atoms with Crippen molar-refractivity contribution in [1.82, 2.24) is 9.97 Å². The lowest BCUT2D eigenvalue weighted by Gasteiger charge is -2.10. The number of methoxy groups -OCH3 is 1. The molecule has 0 radical (unpaired) electrons. The largest absolute Gasteiger partial charge is 0.497 e. The Morgan fingerprint density at radius 2 is 1.88 bits per heavy atom. The lowest BCUT2D eigenvalue weighted by Crippen LogP contribution is -1.92. The zero-order valence-electron chi connectivity index (χ0n) is 13.8. The Kier molecular flexibility index (Phi) is 3.35. The molecular formula is C21H18N2O. The van der Waals surface area contributed by atoms with Crippen molar-refractivity contribution in [2.45, 2.75) is 6.92 Å². The fourth-order valence-electron chi connectivity index (χ4n) is 3.18. The highest BCUT2D eigenvalue weighted by Crippen LogP contribution is 2.33. The molecule has 4 rings (SSSR count). The van der Waals surface area contributed by atoms with Gasteiger partial charge >= 0.3 is 0 Å². The van der Waals surface area contributed by atoms with Gasteiger partial charge in [-0.3, -0.25) is 4.98 Å². The van der Waals surface area contributed by atoms with Gasteiger partial charge < -0.3 is 9.72 Å². The van der Waals surface area contributed by atoms with E-state index in [1.807, 2.05) is 43.5 Å². The summed E-state index contributed by atoms with van der Waals surface area (Å²) in [4.78, 5) is 7.94. The summed E-state index contributed by atoms with van der Waals surface area (Å²) in [5, 5.41) is 2.26. The van der Waals surface area contributed by atoms with E-state index in [1.165, 1.54) is 0 Å². The normalized spacial score (nSPS) is 11.1. The fourth-order valence-corrected chi connectivity index (χ4v) is 3.18. The van der Waals surface area contributed by atoms with Crippen LogP contribution in [-0.4, -0.2) is 17.1 Å². The van der Waals surface area contributed by atoms with E-state index in [4.69, 9.17) is 4.74 Å². The van der Waals surface area contributed by atoms with Gasteiger partial charge in [-0.25, -0.2) is 0 Å². The second kappa shape index (κ2) is 5.53. The minimum Gasteiger partial charge on any atom is -0.497 e. The molecule has 2 aromatic carbocycles. The van der Waals surface area contributed by atoms with Crippen LogP contribution in [0.5, 0.6) is 5.75 Å². The van der Waals surface area contributed by atoms with Crippen molar-refractivity contribution in [2.24, 2.45) is 0 Å². The number of ether oxygens (including phenoxy) is 1. The Hall–Kier alpha value is -3.07. The Labute approximate surface area is 140 Å². The molecule has 1 N–H and O–H groups in total. The van der Waals surface area contributed by atoms with Gasteiger partial charge in [0.25, 0.3) is 0 Å². The Morgan fingerprint density at radius 3 is 2.71 bits per heavy atom. The molecule has 0 fully saturated rings. The number of fused-ring (bicyclic) bond motifs is 2. The van der Waals surface area contributed by atoms with E-state index in [2.05, 4.69) is 34.7 Å². The van der Waals surface area contributed by atoms with Crippen LogP contribution < -0.4 is 4.74 Å². The van der Waals surface area contributed by atoms with Crippen LogP contribution in [0.15, 0.2) is 61.3 Å². The zero-order chi connectivity index (χ0) is 16.7. The number of hydrogen-bond acceptors (Lipinski definition) is 2. The number of para-hydroxylation sites is 1. The molecule has 2 aromatic heterocycles. The third kappa shape index (κ3) is 2.26. The van der Waals surface area contributed by atoms with E-state index in [1.54, 1.807) is 7.11 Å². The lowest BCUT2D eigenvalue weighted by molar-refractivity contribution is 0.415. The van der Waals surface area contributed by atoms with Crippen LogP contribution >= 0.6 is 0 Å². The van der Waals surface area contributed by atoms with Crippen LogP contribution in [0.4, 0.5) is 0 Å². The fraction of sp³-hybridized carbons (Fsp3) is 0.0952. The summed E-state index contributed by atoms with van der Waals surface area (Å²) in [6.45, 7) is 6.39. The Balaban J connectivity index is 1.91. The van der Waals surface area contributed by atoms with Crippen molar-refractivity contribution in [3.8, 4) is 5.75 Å². The molecule has 118 valence electrons. The summed E-state index contributed by atoms with van der Waals surface area (Å²) >= 11 is 0. The van der Waals surface area contributed by atoms with Crippen molar-refractivity contribution in [3.05, 3.63) is 78.1 Å². The maximum Gasteiger partial charge on any atom is 0.120 e. The summed E-state index contributed by atoms with van der Waals surface area (Å²) in [6, 6.07) is 16.3. The van der Waals surface area contributed by atoms with Crippen LogP contribution in [0.3, 0.4) is 0 Å². The summed E-state index contributed by atoms with van der Waals surface area (Å²) in [7, 11) is 1.68. The number of H-pyrrole nitrogens is 1. The SMILES string of the molecule is C=C(c1cc(C)nc2ccccc12)c1c[nH]c2cc(OC)ccc12. The third-order valence-corrected chi connectivity index (χ3v) is 4.38. The van der Waals surface area contributed by atoms with Gasteiger partial charge in [-0.1, -0.05) is 24.8 Å². The topological polar surface area (TPSA) is 37.9 Å². The minimum absolute atomic E-state index is 0.840. The molecular weight excluding hydrogens is 296 g/mol. The van der Waals surface area contributed by atoms with Gasteiger partial charge in [-0.05, 0) is 42.3 Å². The first-order chi connectivity index (χ1) is 11.7. The molecule has 0 aliphatic heterocycles. The Morgan fingerprint density at radius 1 is 1.04 bits per heavy atom. The van der Waals surface area contributed by atoms with Gasteiger partial charge in [0.05, 0.1) is 12.6 Å².